The fourth-order valence-electron chi connectivity index (χ4n) is 1.01. The van der Waals surface area contributed by atoms with Gasteiger partial charge in [0.1, 0.15) is 5.76 Å². The summed E-state index contributed by atoms with van der Waals surface area (Å²) in [5, 5.41) is 4.83. The molecule has 1 rings (SSSR count). The maximum Gasteiger partial charge on any atom is 0.309 e. The lowest BCUT2D eigenvalue weighted by Crippen LogP contribution is -2.40. The van der Waals surface area contributed by atoms with Crippen molar-refractivity contribution >= 4 is 11.8 Å². The van der Waals surface area contributed by atoms with Crippen molar-refractivity contribution in [2.45, 2.75) is 6.54 Å². The van der Waals surface area contributed by atoms with Crippen LogP contribution in [0.3, 0.4) is 0 Å². The molecule has 0 aliphatic rings. The summed E-state index contributed by atoms with van der Waals surface area (Å²) in [6.45, 7) is 0.879. The van der Waals surface area contributed by atoms with Crippen molar-refractivity contribution in [3.8, 4) is 0 Å². The van der Waals surface area contributed by atoms with Gasteiger partial charge in [0.2, 0.25) is 0 Å². The normalized spacial score (nSPS) is 9.81. The molecule has 2 N–H and O–H groups in total. The van der Waals surface area contributed by atoms with Crippen LogP contribution in [0, 0.1) is 0 Å². The van der Waals surface area contributed by atoms with Gasteiger partial charge in [-0.2, -0.15) is 0 Å². The van der Waals surface area contributed by atoms with Crippen LogP contribution in [0.4, 0.5) is 0 Å². The number of nitrogens with one attached hydrogen (secondary N) is 2. The average Bonchev–Trinajstić information content (AvgIpc) is 2.79. The van der Waals surface area contributed by atoms with E-state index >= 15 is 0 Å². The van der Waals surface area contributed by atoms with Gasteiger partial charge in [0.05, 0.1) is 19.4 Å². The Hall–Kier alpha value is -1.82. The molecule has 16 heavy (non-hydrogen) atoms. The van der Waals surface area contributed by atoms with Crippen LogP contribution in [0.15, 0.2) is 22.8 Å². The summed E-state index contributed by atoms with van der Waals surface area (Å²) < 4.78 is 9.73. The second-order valence-electron chi connectivity index (χ2n) is 3.01. The van der Waals surface area contributed by atoms with Gasteiger partial charge in [0, 0.05) is 13.7 Å². The van der Waals surface area contributed by atoms with E-state index in [1.54, 1.807) is 12.1 Å². The Labute approximate surface area is 93.0 Å². The second-order valence-corrected chi connectivity index (χ2v) is 3.01. The third kappa shape index (κ3) is 4.14. The van der Waals surface area contributed by atoms with Crippen molar-refractivity contribution in [1.29, 1.82) is 0 Å². The zero-order valence-electron chi connectivity index (χ0n) is 8.99. The number of amides is 2. The highest BCUT2D eigenvalue weighted by molar-refractivity contribution is 6.35. The van der Waals surface area contributed by atoms with Gasteiger partial charge in [-0.3, -0.25) is 9.59 Å². The Morgan fingerprint density at radius 2 is 2.12 bits per heavy atom. The molecular weight excluding hydrogens is 212 g/mol. The number of methoxy groups -OCH3 is 1. The van der Waals surface area contributed by atoms with Crippen LogP contribution >= 0.6 is 0 Å². The summed E-state index contributed by atoms with van der Waals surface area (Å²) in [5.41, 5.74) is 0. The highest BCUT2D eigenvalue weighted by Crippen LogP contribution is 1.97. The largest absolute Gasteiger partial charge is 0.467 e. The minimum absolute atomic E-state index is 0.198. The molecule has 6 nitrogen and oxygen atoms in total. The van der Waals surface area contributed by atoms with Gasteiger partial charge >= 0.3 is 11.8 Å². The smallest absolute Gasteiger partial charge is 0.309 e. The van der Waals surface area contributed by atoms with Crippen LogP contribution in [0.25, 0.3) is 0 Å². The fourth-order valence-corrected chi connectivity index (χ4v) is 1.01. The molecule has 0 atom stereocenters. The minimum Gasteiger partial charge on any atom is -0.467 e. The first kappa shape index (κ1) is 12.3. The fraction of sp³-hybridized carbons (Fsp3) is 0.400. The van der Waals surface area contributed by atoms with Crippen LogP contribution < -0.4 is 10.6 Å². The van der Waals surface area contributed by atoms with E-state index in [2.05, 4.69) is 10.6 Å². The number of hydrogen-bond donors (Lipinski definition) is 2. The number of carbonyl (C=O) groups excluding carboxylic acids is 2. The van der Waals surface area contributed by atoms with Crippen molar-refractivity contribution < 1.29 is 18.7 Å². The van der Waals surface area contributed by atoms with Crippen molar-refractivity contribution in [3.05, 3.63) is 24.2 Å². The zero-order chi connectivity index (χ0) is 11.8. The standard InChI is InChI=1S/C10H14N2O4/c1-15-6-4-11-9(13)10(14)12-7-8-3-2-5-16-8/h2-3,5H,4,6-7H2,1H3,(H,11,13)(H,12,14). The van der Waals surface area contributed by atoms with Gasteiger partial charge in [-0.05, 0) is 12.1 Å². The zero-order valence-corrected chi connectivity index (χ0v) is 8.99. The Bertz CT molecular complexity index is 335. The van der Waals surface area contributed by atoms with E-state index in [-0.39, 0.29) is 6.54 Å². The van der Waals surface area contributed by atoms with Gasteiger partial charge in [-0.25, -0.2) is 0 Å². The van der Waals surface area contributed by atoms with Crippen molar-refractivity contribution in [1.82, 2.24) is 10.6 Å². The molecular formula is C10H14N2O4. The molecule has 0 saturated carbocycles. The molecule has 1 aromatic heterocycles. The highest BCUT2D eigenvalue weighted by Gasteiger charge is 2.12. The van der Waals surface area contributed by atoms with Gasteiger partial charge in [0.15, 0.2) is 0 Å². The molecule has 0 aliphatic heterocycles. The highest BCUT2D eigenvalue weighted by atomic mass is 16.5. The van der Waals surface area contributed by atoms with Crippen LogP contribution in [0.1, 0.15) is 5.76 Å². The topological polar surface area (TPSA) is 80.6 Å². The molecule has 1 aromatic rings. The second kappa shape index (κ2) is 6.62. The Morgan fingerprint density at radius 1 is 1.38 bits per heavy atom. The van der Waals surface area contributed by atoms with E-state index in [9.17, 15) is 9.59 Å². The Balaban J connectivity index is 2.21. The van der Waals surface area contributed by atoms with E-state index in [0.717, 1.165) is 0 Å². The molecule has 0 bridgehead atoms. The molecule has 0 fully saturated rings. The molecule has 0 unspecified atom stereocenters. The van der Waals surface area contributed by atoms with Gasteiger partial charge < -0.3 is 19.8 Å². The van der Waals surface area contributed by atoms with Crippen LogP contribution in [-0.2, 0) is 20.9 Å². The first-order valence-electron chi connectivity index (χ1n) is 4.81. The average molecular weight is 226 g/mol. The summed E-state index contributed by atoms with van der Waals surface area (Å²) in [4.78, 5) is 22.4. The molecule has 0 aliphatic carbocycles. The molecule has 0 radical (unpaired) electrons. The van der Waals surface area contributed by atoms with Gasteiger partial charge in [0.25, 0.3) is 0 Å². The number of ether oxygens (including phenoxy) is 1. The summed E-state index contributed by atoms with van der Waals surface area (Å²) >= 11 is 0. The lowest BCUT2D eigenvalue weighted by Gasteiger charge is -2.04. The number of carbonyl (C=O) groups is 2. The molecule has 6 heteroatoms. The third-order valence-corrected chi connectivity index (χ3v) is 1.80. The SMILES string of the molecule is COCCNC(=O)C(=O)NCc1ccco1. The summed E-state index contributed by atoms with van der Waals surface area (Å²) in [7, 11) is 1.52. The van der Waals surface area contributed by atoms with E-state index in [1.807, 2.05) is 0 Å². The van der Waals surface area contributed by atoms with Gasteiger partial charge in [-0.1, -0.05) is 0 Å². The van der Waals surface area contributed by atoms with Crippen molar-refractivity contribution in [2.24, 2.45) is 0 Å². The third-order valence-electron chi connectivity index (χ3n) is 1.80. The molecule has 0 spiro atoms. The van der Waals surface area contributed by atoms with Crippen molar-refractivity contribution in [3.63, 3.8) is 0 Å². The number of hydrogen-bond acceptors (Lipinski definition) is 4. The van der Waals surface area contributed by atoms with E-state index in [4.69, 9.17) is 9.15 Å². The summed E-state index contributed by atoms with van der Waals surface area (Å²) in [6.07, 6.45) is 1.50. The first-order valence-corrected chi connectivity index (χ1v) is 4.81. The Morgan fingerprint density at radius 3 is 2.75 bits per heavy atom. The Kier molecular flexibility index (Phi) is 5.07. The van der Waals surface area contributed by atoms with E-state index in [0.29, 0.717) is 18.9 Å². The maximum atomic E-state index is 11.2. The monoisotopic (exact) mass is 226 g/mol. The number of rotatable bonds is 5. The quantitative estimate of drug-likeness (QED) is 0.531. The lowest BCUT2D eigenvalue weighted by atomic mass is 10.4. The molecule has 0 aromatic carbocycles. The molecule has 1 heterocycles. The predicted octanol–water partition coefficient (Wildman–Crippen LogP) is -0.342. The number of furan rings is 1. The van der Waals surface area contributed by atoms with Crippen LogP contribution in [0.2, 0.25) is 0 Å². The first-order chi connectivity index (χ1) is 7.74. The summed E-state index contributed by atoms with van der Waals surface area (Å²) in [6, 6.07) is 3.42. The van der Waals surface area contributed by atoms with Crippen LogP contribution in [-0.4, -0.2) is 32.1 Å². The molecule has 2 amide bonds. The van der Waals surface area contributed by atoms with E-state index in [1.165, 1.54) is 13.4 Å². The molecule has 0 saturated heterocycles. The minimum atomic E-state index is -0.687. The maximum absolute atomic E-state index is 11.2. The lowest BCUT2D eigenvalue weighted by molar-refractivity contribution is -0.139. The molecule has 88 valence electrons. The predicted molar refractivity (Wildman–Crippen MR) is 55.4 cm³/mol. The van der Waals surface area contributed by atoms with E-state index < -0.39 is 11.8 Å². The van der Waals surface area contributed by atoms with Crippen LogP contribution in [0.5, 0.6) is 0 Å². The van der Waals surface area contributed by atoms with Crippen molar-refractivity contribution in [2.75, 3.05) is 20.3 Å². The van der Waals surface area contributed by atoms with Gasteiger partial charge in [-0.15, -0.1) is 0 Å². The summed E-state index contributed by atoms with van der Waals surface area (Å²) in [5.74, 6) is -0.769.